The molecule has 0 unspecified atom stereocenters. The summed E-state index contributed by atoms with van der Waals surface area (Å²) in [7, 11) is 0. The van der Waals surface area contributed by atoms with E-state index in [4.69, 9.17) is 0 Å². The van der Waals surface area contributed by atoms with Gasteiger partial charge in [0.15, 0.2) is 0 Å². The van der Waals surface area contributed by atoms with Gasteiger partial charge in [-0.15, -0.1) is 0 Å². The molecule has 88 valence electrons. The maximum Gasteiger partial charge on any atom is 0.379 e. The highest BCUT2D eigenvalue weighted by molar-refractivity contribution is 6.41. The van der Waals surface area contributed by atoms with E-state index in [0.29, 0.717) is 11.3 Å². The first-order valence-corrected chi connectivity index (χ1v) is 5.26. The summed E-state index contributed by atoms with van der Waals surface area (Å²) >= 11 is 0. The fraction of sp³-hybridized carbons (Fsp3) is 0.250. The van der Waals surface area contributed by atoms with E-state index < -0.39 is 11.8 Å². The van der Waals surface area contributed by atoms with Crippen LogP contribution >= 0.6 is 0 Å². The maximum absolute atomic E-state index is 11.8. The number of esters is 1. The van der Waals surface area contributed by atoms with E-state index in [1.807, 2.05) is 0 Å². The molecule has 0 spiro atoms. The third kappa shape index (κ3) is 2.04. The second kappa shape index (κ2) is 4.37. The van der Waals surface area contributed by atoms with Crippen molar-refractivity contribution in [2.45, 2.75) is 13.3 Å². The average Bonchev–Trinajstić information content (AvgIpc) is 2.68. The average molecular weight is 233 g/mol. The van der Waals surface area contributed by atoms with Crippen LogP contribution in [0.1, 0.15) is 22.8 Å². The Morgan fingerprint density at radius 3 is 2.88 bits per heavy atom. The largest absolute Gasteiger partial charge is 0.460 e. The summed E-state index contributed by atoms with van der Waals surface area (Å²) in [6, 6.07) is 4.84. The third-order valence-electron chi connectivity index (χ3n) is 2.49. The molecule has 0 radical (unpaired) electrons. The Morgan fingerprint density at radius 1 is 1.41 bits per heavy atom. The number of rotatable bonds is 3. The Bertz CT molecular complexity index is 507. The van der Waals surface area contributed by atoms with Crippen LogP contribution in [0.3, 0.4) is 0 Å². The molecule has 1 amide bonds. The van der Waals surface area contributed by atoms with Crippen LogP contribution in [0.25, 0.3) is 0 Å². The monoisotopic (exact) mass is 233 g/mol. The molecule has 0 saturated carbocycles. The van der Waals surface area contributed by atoms with Gasteiger partial charge in [-0.25, -0.2) is 4.79 Å². The van der Waals surface area contributed by atoms with Crippen LogP contribution in [0.4, 0.5) is 5.69 Å². The molecule has 0 atom stereocenters. The van der Waals surface area contributed by atoms with Crippen LogP contribution in [0.2, 0.25) is 0 Å². The van der Waals surface area contributed by atoms with Crippen molar-refractivity contribution < 1.29 is 19.1 Å². The number of Topliss-reactive ketones (excluding diaryl/α,β-unsaturated/α-hetero) is 1. The Hall–Kier alpha value is -2.17. The molecule has 0 saturated heterocycles. The molecule has 1 aliphatic rings. The zero-order valence-corrected chi connectivity index (χ0v) is 9.28. The fourth-order valence-electron chi connectivity index (χ4n) is 1.77. The van der Waals surface area contributed by atoms with Gasteiger partial charge in [-0.3, -0.25) is 9.59 Å². The summed E-state index contributed by atoms with van der Waals surface area (Å²) in [4.78, 5) is 34.4. The van der Waals surface area contributed by atoms with Crippen molar-refractivity contribution in [1.82, 2.24) is 0 Å². The third-order valence-corrected chi connectivity index (χ3v) is 2.49. The van der Waals surface area contributed by atoms with E-state index in [2.05, 4.69) is 10.1 Å². The van der Waals surface area contributed by atoms with Gasteiger partial charge < -0.3 is 10.1 Å². The molecule has 1 aromatic rings. The molecule has 0 aromatic heterocycles. The van der Waals surface area contributed by atoms with Gasteiger partial charge in [-0.1, -0.05) is 12.1 Å². The molecule has 0 fully saturated rings. The lowest BCUT2D eigenvalue weighted by Crippen LogP contribution is -2.18. The Kier molecular flexibility index (Phi) is 2.91. The minimum Gasteiger partial charge on any atom is -0.460 e. The summed E-state index contributed by atoms with van der Waals surface area (Å²) < 4.78 is 4.65. The van der Waals surface area contributed by atoms with Crippen LogP contribution in [0, 0.1) is 0 Å². The van der Waals surface area contributed by atoms with Gasteiger partial charge in [-0.2, -0.15) is 0 Å². The number of carbonyl (C=O) groups is 3. The number of hydrogen-bond donors (Lipinski definition) is 1. The van der Waals surface area contributed by atoms with Gasteiger partial charge in [-0.05, 0) is 18.6 Å². The highest BCUT2D eigenvalue weighted by Crippen LogP contribution is 2.26. The number of amides is 1. The van der Waals surface area contributed by atoms with Crippen LogP contribution in [-0.2, 0) is 20.7 Å². The van der Waals surface area contributed by atoms with Crippen molar-refractivity contribution in [3.63, 3.8) is 0 Å². The SMILES string of the molecule is CCOC(=O)C(=O)c1cccc2c1CC(=O)N2. The number of hydrogen-bond acceptors (Lipinski definition) is 4. The first-order chi connectivity index (χ1) is 8.13. The molecule has 5 heteroatoms. The molecule has 0 bridgehead atoms. The van der Waals surface area contributed by atoms with Crippen LogP contribution in [-0.4, -0.2) is 24.3 Å². The lowest BCUT2D eigenvalue weighted by atomic mass is 10.0. The minimum atomic E-state index is -0.889. The summed E-state index contributed by atoms with van der Waals surface area (Å²) in [6.07, 6.45) is 0.122. The summed E-state index contributed by atoms with van der Waals surface area (Å²) in [5.74, 6) is -1.77. The minimum absolute atomic E-state index is 0.122. The highest BCUT2D eigenvalue weighted by Gasteiger charge is 2.27. The molecule has 2 rings (SSSR count). The van der Waals surface area contributed by atoms with Crippen LogP contribution in [0.15, 0.2) is 18.2 Å². The number of ether oxygens (including phenoxy) is 1. The molecular weight excluding hydrogens is 222 g/mol. The molecular formula is C12H11NO4. The molecule has 5 nitrogen and oxygen atoms in total. The predicted molar refractivity (Wildman–Crippen MR) is 59.7 cm³/mol. The molecule has 0 aliphatic carbocycles. The highest BCUT2D eigenvalue weighted by atomic mass is 16.5. The van der Waals surface area contributed by atoms with E-state index >= 15 is 0 Å². The second-order valence-electron chi connectivity index (χ2n) is 3.61. The molecule has 17 heavy (non-hydrogen) atoms. The fourth-order valence-corrected chi connectivity index (χ4v) is 1.77. The van der Waals surface area contributed by atoms with Gasteiger partial charge in [0.05, 0.1) is 13.0 Å². The number of benzene rings is 1. The van der Waals surface area contributed by atoms with Gasteiger partial charge in [0, 0.05) is 11.3 Å². The second-order valence-corrected chi connectivity index (χ2v) is 3.61. The zero-order chi connectivity index (χ0) is 12.4. The topological polar surface area (TPSA) is 72.5 Å². The van der Waals surface area contributed by atoms with Crippen molar-refractivity contribution in [3.8, 4) is 0 Å². The van der Waals surface area contributed by atoms with E-state index in [9.17, 15) is 14.4 Å². The van der Waals surface area contributed by atoms with E-state index in [-0.39, 0.29) is 24.5 Å². The molecule has 1 aromatic carbocycles. The summed E-state index contributed by atoms with van der Waals surface area (Å²) in [6.45, 7) is 1.78. The van der Waals surface area contributed by atoms with E-state index in [0.717, 1.165) is 0 Å². The van der Waals surface area contributed by atoms with E-state index in [1.165, 1.54) is 6.07 Å². The van der Waals surface area contributed by atoms with Crippen molar-refractivity contribution in [3.05, 3.63) is 29.3 Å². The first-order valence-electron chi connectivity index (χ1n) is 5.26. The zero-order valence-electron chi connectivity index (χ0n) is 9.28. The Morgan fingerprint density at radius 2 is 2.18 bits per heavy atom. The Balaban J connectivity index is 2.35. The van der Waals surface area contributed by atoms with Crippen molar-refractivity contribution in [2.24, 2.45) is 0 Å². The van der Waals surface area contributed by atoms with Crippen LogP contribution < -0.4 is 5.32 Å². The standard InChI is InChI=1S/C12H11NO4/c1-2-17-12(16)11(15)7-4-3-5-9-8(7)6-10(14)13-9/h3-5H,2,6H2,1H3,(H,13,14). The molecule has 1 aliphatic heterocycles. The van der Waals surface area contributed by atoms with Crippen molar-refractivity contribution >= 4 is 23.3 Å². The first kappa shape index (κ1) is 11.3. The Labute approximate surface area is 97.8 Å². The van der Waals surface area contributed by atoms with Gasteiger partial charge in [0.2, 0.25) is 5.91 Å². The van der Waals surface area contributed by atoms with Gasteiger partial charge >= 0.3 is 5.97 Å². The lowest BCUT2D eigenvalue weighted by molar-refractivity contribution is -0.137. The van der Waals surface area contributed by atoms with Crippen LogP contribution in [0.5, 0.6) is 0 Å². The van der Waals surface area contributed by atoms with Gasteiger partial charge in [0.25, 0.3) is 5.78 Å². The molecule has 1 heterocycles. The lowest BCUT2D eigenvalue weighted by Gasteiger charge is -2.05. The molecule has 1 N–H and O–H groups in total. The summed E-state index contributed by atoms with van der Waals surface area (Å²) in [5.41, 5.74) is 1.39. The number of carbonyl (C=O) groups excluding carboxylic acids is 3. The van der Waals surface area contributed by atoms with Crippen molar-refractivity contribution in [2.75, 3.05) is 11.9 Å². The number of anilines is 1. The predicted octanol–water partition coefficient (Wildman–Crippen LogP) is 0.927. The van der Waals surface area contributed by atoms with E-state index in [1.54, 1.807) is 19.1 Å². The quantitative estimate of drug-likeness (QED) is 0.479. The normalized spacial score (nSPS) is 12.9. The van der Waals surface area contributed by atoms with Gasteiger partial charge in [0.1, 0.15) is 0 Å². The summed E-state index contributed by atoms with van der Waals surface area (Å²) in [5, 5.41) is 2.62. The smallest absolute Gasteiger partial charge is 0.379 e. The maximum atomic E-state index is 11.8. The number of nitrogens with one attached hydrogen (secondary N) is 1. The number of ketones is 1. The van der Waals surface area contributed by atoms with Crippen molar-refractivity contribution in [1.29, 1.82) is 0 Å². The number of fused-ring (bicyclic) bond motifs is 1.